The number of pyridine rings is 1. The van der Waals surface area contributed by atoms with Crippen LogP contribution in [0.5, 0.6) is 0 Å². The molecular weight excluding hydrogens is 777 g/mol. The standard InChI is InChI=1S/C53H39NP2S2/c57-55(44-25-11-3-12-26-44,45-27-13-4-14-28-45)52-48(40-21-7-1-8-22-40)33-19-35-50(52)42-37-43(39-54-38-42)51-36-20-34-49(41-23-9-2-10-24-41)53(51)56(58,46-29-15-5-16-30-46)47-31-17-6-18-32-47/h1-39H. The maximum Gasteiger partial charge on any atom is 0.0391 e. The van der Waals surface area contributed by atoms with Gasteiger partial charge in [-0.3, -0.25) is 4.98 Å². The SMILES string of the molecule is S=P(c1ccccc1)(c1ccccc1)c1c(-c2ccccc2)cccc1-c1cncc(-c2cccc(-c3ccccc3)c2P(=S)(c2ccccc2)c2ccccc2)c1. The summed E-state index contributed by atoms with van der Waals surface area (Å²) in [7, 11) is 0. The second kappa shape index (κ2) is 16.6. The molecule has 9 rings (SSSR count). The molecule has 0 aliphatic carbocycles. The van der Waals surface area contributed by atoms with Crippen molar-refractivity contribution in [2.75, 3.05) is 0 Å². The van der Waals surface area contributed by atoms with E-state index in [1.807, 2.05) is 12.4 Å². The van der Waals surface area contributed by atoms with Gasteiger partial charge in [-0.05, 0) is 60.7 Å². The molecule has 5 heteroatoms. The number of aromatic nitrogens is 1. The lowest BCUT2D eigenvalue weighted by Gasteiger charge is -2.30. The third kappa shape index (κ3) is 6.96. The van der Waals surface area contributed by atoms with E-state index in [0.717, 1.165) is 76.3 Å². The van der Waals surface area contributed by atoms with Crippen molar-refractivity contribution in [3.05, 3.63) is 237 Å². The average molecular weight is 816 g/mol. The molecule has 278 valence electrons. The van der Waals surface area contributed by atoms with Crippen molar-refractivity contribution in [2.45, 2.75) is 0 Å². The van der Waals surface area contributed by atoms with Gasteiger partial charge in [0.2, 0.25) is 0 Å². The number of benzene rings is 8. The first-order valence-corrected chi connectivity index (χ1v) is 24.9. The lowest BCUT2D eigenvalue weighted by molar-refractivity contribution is 1.33. The van der Waals surface area contributed by atoms with Crippen LogP contribution in [-0.4, -0.2) is 4.98 Å². The third-order valence-corrected chi connectivity index (χ3v) is 20.7. The van der Waals surface area contributed by atoms with Gasteiger partial charge in [0, 0.05) is 46.2 Å². The van der Waals surface area contributed by atoms with E-state index in [1.165, 1.54) is 0 Å². The van der Waals surface area contributed by atoms with Gasteiger partial charge in [0.05, 0.1) is 0 Å². The highest BCUT2D eigenvalue weighted by Gasteiger charge is 2.33. The van der Waals surface area contributed by atoms with E-state index in [9.17, 15) is 0 Å². The third-order valence-electron chi connectivity index (χ3n) is 10.7. The van der Waals surface area contributed by atoms with Gasteiger partial charge in [-0.15, -0.1) is 0 Å². The van der Waals surface area contributed by atoms with Crippen molar-refractivity contribution in [1.29, 1.82) is 0 Å². The molecule has 0 spiro atoms. The topological polar surface area (TPSA) is 12.9 Å². The minimum atomic E-state index is -2.64. The first kappa shape index (κ1) is 37.8. The summed E-state index contributed by atoms with van der Waals surface area (Å²) in [6, 6.07) is 74.4. The number of hydrogen-bond acceptors (Lipinski definition) is 3. The van der Waals surface area contributed by atoms with E-state index in [-0.39, 0.29) is 0 Å². The summed E-state index contributed by atoms with van der Waals surface area (Å²) in [6.45, 7) is 0. The number of rotatable bonds is 10. The summed E-state index contributed by atoms with van der Waals surface area (Å²) in [6.07, 6.45) is 4.00. The summed E-state index contributed by atoms with van der Waals surface area (Å²) in [5.74, 6) is 0. The van der Waals surface area contributed by atoms with Crippen molar-refractivity contribution in [3.8, 4) is 44.5 Å². The Morgan fingerprint density at radius 1 is 0.276 bits per heavy atom. The van der Waals surface area contributed by atoms with E-state index in [0.29, 0.717) is 0 Å². The monoisotopic (exact) mass is 815 g/mol. The second-order valence-electron chi connectivity index (χ2n) is 14.2. The second-order valence-corrected chi connectivity index (χ2v) is 22.8. The van der Waals surface area contributed by atoms with Crippen molar-refractivity contribution in [3.63, 3.8) is 0 Å². The molecule has 1 heterocycles. The molecular formula is C53H39NP2S2. The summed E-state index contributed by atoms with van der Waals surface area (Å²) in [5.41, 5.74) is 8.72. The van der Waals surface area contributed by atoms with E-state index < -0.39 is 12.1 Å². The molecule has 0 amide bonds. The quantitative estimate of drug-likeness (QED) is 0.128. The van der Waals surface area contributed by atoms with Gasteiger partial charge >= 0.3 is 0 Å². The highest BCUT2D eigenvalue weighted by Crippen LogP contribution is 2.51. The zero-order valence-electron chi connectivity index (χ0n) is 31.7. The molecule has 0 unspecified atom stereocenters. The fourth-order valence-electron chi connectivity index (χ4n) is 8.03. The minimum absolute atomic E-state index is 1.01. The van der Waals surface area contributed by atoms with Gasteiger partial charge in [0.25, 0.3) is 0 Å². The predicted molar refractivity (Wildman–Crippen MR) is 258 cm³/mol. The van der Waals surface area contributed by atoms with E-state index >= 15 is 0 Å². The molecule has 0 aliphatic heterocycles. The first-order valence-electron chi connectivity index (χ1n) is 19.3. The highest BCUT2D eigenvalue weighted by atomic mass is 32.4. The fourth-order valence-corrected chi connectivity index (χ4v) is 16.8. The van der Waals surface area contributed by atoms with Crippen molar-refractivity contribution in [2.24, 2.45) is 0 Å². The van der Waals surface area contributed by atoms with Crippen molar-refractivity contribution >= 4 is 67.5 Å². The van der Waals surface area contributed by atoms with Crippen LogP contribution >= 0.6 is 12.1 Å². The largest absolute Gasteiger partial charge is 0.263 e. The molecule has 8 aromatic carbocycles. The van der Waals surface area contributed by atoms with Gasteiger partial charge < -0.3 is 0 Å². The van der Waals surface area contributed by atoms with Gasteiger partial charge in [0.15, 0.2) is 0 Å². The minimum Gasteiger partial charge on any atom is -0.263 e. The zero-order valence-corrected chi connectivity index (χ0v) is 35.1. The van der Waals surface area contributed by atoms with Crippen LogP contribution in [0.15, 0.2) is 237 Å². The van der Waals surface area contributed by atoms with Crippen LogP contribution < -0.4 is 31.8 Å². The van der Waals surface area contributed by atoms with Gasteiger partial charge in [-0.1, -0.05) is 242 Å². The van der Waals surface area contributed by atoms with Crippen LogP contribution in [-0.2, 0) is 23.6 Å². The Morgan fingerprint density at radius 2 is 0.534 bits per heavy atom. The van der Waals surface area contributed by atoms with E-state index in [2.05, 4.69) is 224 Å². The van der Waals surface area contributed by atoms with Crippen LogP contribution in [0, 0.1) is 0 Å². The lowest BCUT2D eigenvalue weighted by Crippen LogP contribution is -2.28. The smallest absolute Gasteiger partial charge is 0.0391 e. The summed E-state index contributed by atoms with van der Waals surface area (Å²) >= 11 is 14.3. The maximum atomic E-state index is 7.13. The Morgan fingerprint density at radius 3 is 0.828 bits per heavy atom. The maximum absolute atomic E-state index is 7.13. The number of nitrogens with zero attached hydrogens (tertiary/aromatic N) is 1. The van der Waals surface area contributed by atoms with Crippen LogP contribution in [0.4, 0.5) is 0 Å². The van der Waals surface area contributed by atoms with Gasteiger partial charge in [-0.25, -0.2) is 0 Å². The summed E-state index contributed by atoms with van der Waals surface area (Å²) in [5, 5.41) is 6.90. The van der Waals surface area contributed by atoms with Gasteiger partial charge in [-0.2, -0.15) is 0 Å². The molecule has 58 heavy (non-hydrogen) atoms. The fraction of sp³-hybridized carbons (Fsp3) is 0. The molecule has 1 nitrogen and oxygen atoms in total. The molecule has 0 radical (unpaired) electrons. The Hall–Kier alpha value is -5.79. The van der Waals surface area contributed by atoms with E-state index in [4.69, 9.17) is 28.6 Å². The van der Waals surface area contributed by atoms with Crippen LogP contribution in [0.3, 0.4) is 0 Å². The lowest BCUT2D eigenvalue weighted by atomic mass is 9.96. The highest BCUT2D eigenvalue weighted by molar-refractivity contribution is 8.26. The van der Waals surface area contributed by atoms with Crippen LogP contribution in [0.1, 0.15) is 0 Å². The molecule has 0 bridgehead atoms. The average Bonchev–Trinajstić information content (AvgIpc) is 3.32. The molecule has 0 saturated heterocycles. The zero-order chi connectivity index (χ0) is 39.4. The Bertz CT molecular complexity index is 2640. The van der Waals surface area contributed by atoms with E-state index in [1.54, 1.807) is 0 Å². The predicted octanol–water partition coefficient (Wildman–Crippen LogP) is 11.3. The van der Waals surface area contributed by atoms with Crippen LogP contribution in [0.2, 0.25) is 0 Å². The molecule has 0 N–H and O–H groups in total. The number of hydrogen-bond donors (Lipinski definition) is 0. The Labute approximate surface area is 351 Å². The molecule has 0 aliphatic rings. The Kier molecular flexibility index (Phi) is 10.8. The van der Waals surface area contributed by atoms with Crippen molar-refractivity contribution < 1.29 is 0 Å². The summed E-state index contributed by atoms with van der Waals surface area (Å²) in [4.78, 5) is 5.04. The normalized spacial score (nSPS) is 11.6. The molecule has 1 aromatic heterocycles. The first-order chi connectivity index (χ1) is 28.6. The molecule has 0 saturated carbocycles. The van der Waals surface area contributed by atoms with Crippen LogP contribution in [0.25, 0.3) is 44.5 Å². The van der Waals surface area contributed by atoms with Gasteiger partial charge in [0.1, 0.15) is 0 Å². The molecule has 0 fully saturated rings. The molecule has 0 atom stereocenters. The summed E-state index contributed by atoms with van der Waals surface area (Å²) < 4.78 is 0. The van der Waals surface area contributed by atoms with Crippen molar-refractivity contribution in [1.82, 2.24) is 4.98 Å². The molecule has 9 aromatic rings. The Balaban J connectivity index is 1.34.